The number of aromatic nitrogens is 2. The third-order valence-electron chi connectivity index (χ3n) is 1.69. The van der Waals surface area contributed by atoms with E-state index in [-0.39, 0.29) is 6.10 Å². The van der Waals surface area contributed by atoms with Gasteiger partial charge in [0.2, 0.25) is 0 Å². The number of aliphatic hydroxyl groups excluding tert-OH is 1. The van der Waals surface area contributed by atoms with E-state index >= 15 is 0 Å². The lowest BCUT2D eigenvalue weighted by Crippen LogP contribution is -2.15. The van der Waals surface area contributed by atoms with Crippen molar-refractivity contribution in [3.05, 3.63) is 11.8 Å². The molecule has 0 amide bonds. The van der Waals surface area contributed by atoms with Gasteiger partial charge in [-0.15, -0.1) is 0 Å². The van der Waals surface area contributed by atoms with E-state index in [9.17, 15) is 0 Å². The average Bonchev–Trinajstić information content (AvgIpc) is 2.28. The molecule has 0 bridgehead atoms. The largest absolute Gasteiger partial charge is 0.392 e. The van der Waals surface area contributed by atoms with Gasteiger partial charge >= 0.3 is 0 Å². The van der Waals surface area contributed by atoms with Crippen LogP contribution in [-0.4, -0.2) is 27.5 Å². The SMILES string of the molecule is Cc1cc(NC[C@H](C)O)nn1C. The van der Waals surface area contributed by atoms with Crippen molar-refractivity contribution in [1.29, 1.82) is 0 Å². The van der Waals surface area contributed by atoms with Crippen molar-refractivity contribution in [1.82, 2.24) is 9.78 Å². The highest BCUT2D eigenvalue weighted by atomic mass is 16.3. The van der Waals surface area contributed by atoms with Gasteiger partial charge in [0.05, 0.1) is 6.10 Å². The molecule has 2 N–H and O–H groups in total. The van der Waals surface area contributed by atoms with Gasteiger partial charge < -0.3 is 10.4 Å². The summed E-state index contributed by atoms with van der Waals surface area (Å²) in [5.41, 5.74) is 1.10. The smallest absolute Gasteiger partial charge is 0.148 e. The van der Waals surface area contributed by atoms with Gasteiger partial charge in [-0.05, 0) is 13.8 Å². The van der Waals surface area contributed by atoms with Crippen molar-refractivity contribution < 1.29 is 5.11 Å². The fraction of sp³-hybridized carbons (Fsp3) is 0.625. The minimum absolute atomic E-state index is 0.340. The molecule has 0 saturated carbocycles. The van der Waals surface area contributed by atoms with Gasteiger partial charge in [0.25, 0.3) is 0 Å². The number of aliphatic hydroxyl groups is 1. The lowest BCUT2D eigenvalue weighted by atomic mass is 10.4. The summed E-state index contributed by atoms with van der Waals surface area (Å²) in [5.74, 6) is 0.816. The Balaban J connectivity index is 2.53. The Morgan fingerprint density at radius 3 is 2.83 bits per heavy atom. The van der Waals surface area contributed by atoms with Gasteiger partial charge in [0, 0.05) is 25.4 Å². The van der Waals surface area contributed by atoms with Gasteiger partial charge in [0.1, 0.15) is 5.82 Å². The molecule has 1 rings (SSSR count). The second-order valence-corrected chi connectivity index (χ2v) is 3.02. The molecule has 0 aromatic carbocycles. The molecule has 12 heavy (non-hydrogen) atoms. The molecule has 0 spiro atoms. The zero-order valence-electron chi connectivity index (χ0n) is 7.70. The summed E-state index contributed by atoms with van der Waals surface area (Å²) in [6.07, 6.45) is -0.340. The van der Waals surface area contributed by atoms with Crippen molar-refractivity contribution in [2.24, 2.45) is 7.05 Å². The molecule has 0 saturated heterocycles. The number of anilines is 1. The maximum Gasteiger partial charge on any atom is 0.148 e. The van der Waals surface area contributed by atoms with Gasteiger partial charge in [-0.25, -0.2) is 0 Å². The summed E-state index contributed by atoms with van der Waals surface area (Å²) in [5, 5.41) is 16.2. The van der Waals surface area contributed by atoms with Crippen molar-refractivity contribution >= 4 is 5.82 Å². The van der Waals surface area contributed by atoms with E-state index in [1.54, 1.807) is 11.6 Å². The summed E-state index contributed by atoms with van der Waals surface area (Å²) in [4.78, 5) is 0. The highest BCUT2D eigenvalue weighted by Crippen LogP contribution is 2.05. The highest BCUT2D eigenvalue weighted by molar-refractivity contribution is 5.35. The monoisotopic (exact) mass is 169 g/mol. The van der Waals surface area contributed by atoms with E-state index in [0.717, 1.165) is 11.5 Å². The first-order valence-corrected chi connectivity index (χ1v) is 4.02. The summed E-state index contributed by atoms with van der Waals surface area (Å²) < 4.78 is 1.80. The summed E-state index contributed by atoms with van der Waals surface area (Å²) in [6.45, 7) is 4.26. The molecule has 0 radical (unpaired) electrons. The number of nitrogens with zero attached hydrogens (tertiary/aromatic N) is 2. The lowest BCUT2D eigenvalue weighted by Gasteiger charge is -2.03. The molecular formula is C8H15N3O. The van der Waals surface area contributed by atoms with Crippen LogP contribution in [0.1, 0.15) is 12.6 Å². The van der Waals surface area contributed by atoms with Crippen molar-refractivity contribution in [2.45, 2.75) is 20.0 Å². The Kier molecular flexibility index (Phi) is 2.70. The van der Waals surface area contributed by atoms with Crippen LogP contribution in [-0.2, 0) is 7.05 Å². The second kappa shape index (κ2) is 3.58. The standard InChI is InChI=1S/C8H15N3O/c1-6-4-8(10-11(6)3)9-5-7(2)12/h4,7,12H,5H2,1-3H3,(H,9,10)/t7-/m0/s1. The first-order chi connectivity index (χ1) is 5.59. The van der Waals surface area contributed by atoms with Crippen LogP contribution >= 0.6 is 0 Å². The first-order valence-electron chi connectivity index (χ1n) is 4.02. The van der Waals surface area contributed by atoms with Crippen LogP contribution < -0.4 is 5.32 Å². The fourth-order valence-corrected chi connectivity index (χ4v) is 0.899. The predicted molar refractivity (Wildman–Crippen MR) is 48.1 cm³/mol. The maximum atomic E-state index is 8.99. The van der Waals surface area contributed by atoms with Gasteiger partial charge in [-0.2, -0.15) is 5.10 Å². The van der Waals surface area contributed by atoms with Crippen LogP contribution in [0, 0.1) is 6.92 Å². The molecule has 1 aromatic rings. The molecule has 0 aliphatic heterocycles. The Morgan fingerprint density at radius 1 is 1.75 bits per heavy atom. The highest BCUT2D eigenvalue weighted by Gasteiger charge is 2.00. The van der Waals surface area contributed by atoms with Gasteiger partial charge in [0.15, 0.2) is 0 Å². The quantitative estimate of drug-likeness (QED) is 0.693. The molecule has 1 atom stereocenters. The Morgan fingerprint density at radius 2 is 2.42 bits per heavy atom. The van der Waals surface area contributed by atoms with Crippen LogP contribution in [0.25, 0.3) is 0 Å². The fourth-order valence-electron chi connectivity index (χ4n) is 0.899. The normalized spacial score (nSPS) is 13.0. The molecule has 1 aromatic heterocycles. The Hall–Kier alpha value is -1.03. The lowest BCUT2D eigenvalue weighted by molar-refractivity contribution is 0.208. The molecule has 1 heterocycles. The number of hydrogen-bond acceptors (Lipinski definition) is 3. The topological polar surface area (TPSA) is 50.1 Å². The first kappa shape index (κ1) is 9.06. The number of rotatable bonds is 3. The second-order valence-electron chi connectivity index (χ2n) is 3.02. The van der Waals surface area contributed by atoms with E-state index < -0.39 is 0 Å². The van der Waals surface area contributed by atoms with Gasteiger partial charge in [-0.3, -0.25) is 4.68 Å². The predicted octanol–water partition coefficient (Wildman–Crippen LogP) is 0.521. The summed E-state index contributed by atoms with van der Waals surface area (Å²) in [6, 6.07) is 1.95. The number of hydrogen-bond donors (Lipinski definition) is 2. The zero-order valence-corrected chi connectivity index (χ0v) is 7.70. The Labute approximate surface area is 72.2 Å². The molecule has 4 nitrogen and oxygen atoms in total. The van der Waals surface area contributed by atoms with Crippen molar-refractivity contribution in [3.63, 3.8) is 0 Å². The van der Waals surface area contributed by atoms with E-state index in [1.807, 2.05) is 20.0 Å². The molecule has 0 fully saturated rings. The molecule has 0 unspecified atom stereocenters. The third-order valence-corrected chi connectivity index (χ3v) is 1.69. The molecule has 4 heteroatoms. The van der Waals surface area contributed by atoms with Crippen LogP contribution in [0.3, 0.4) is 0 Å². The van der Waals surface area contributed by atoms with Crippen LogP contribution in [0.15, 0.2) is 6.07 Å². The van der Waals surface area contributed by atoms with Crippen LogP contribution in [0.4, 0.5) is 5.82 Å². The number of aryl methyl sites for hydroxylation is 2. The van der Waals surface area contributed by atoms with Gasteiger partial charge in [-0.1, -0.05) is 0 Å². The Bertz CT molecular complexity index is 235. The molecular weight excluding hydrogens is 154 g/mol. The number of nitrogens with one attached hydrogen (secondary N) is 1. The van der Waals surface area contributed by atoms with Crippen molar-refractivity contribution in [3.8, 4) is 0 Å². The minimum atomic E-state index is -0.340. The van der Waals surface area contributed by atoms with E-state index in [2.05, 4.69) is 10.4 Å². The van der Waals surface area contributed by atoms with E-state index in [0.29, 0.717) is 6.54 Å². The van der Waals surface area contributed by atoms with E-state index in [1.165, 1.54) is 0 Å². The molecule has 68 valence electrons. The minimum Gasteiger partial charge on any atom is -0.392 e. The molecule has 0 aliphatic carbocycles. The third kappa shape index (κ3) is 2.23. The molecule has 0 aliphatic rings. The zero-order chi connectivity index (χ0) is 9.14. The van der Waals surface area contributed by atoms with Crippen LogP contribution in [0.2, 0.25) is 0 Å². The summed E-state index contributed by atoms with van der Waals surface area (Å²) in [7, 11) is 1.89. The van der Waals surface area contributed by atoms with Crippen LogP contribution in [0.5, 0.6) is 0 Å². The van der Waals surface area contributed by atoms with Crippen molar-refractivity contribution in [2.75, 3.05) is 11.9 Å². The maximum absolute atomic E-state index is 8.99. The average molecular weight is 169 g/mol. The summed E-state index contributed by atoms with van der Waals surface area (Å²) >= 11 is 0. The van der Waals surface area contributed by atoms with E-state index in [4.69, 9.17) is 5.11 Å².